The number of carboxylic acids is 1. The smallest absolute Gasteiger partial charge is 0.306 e. The molecule has 0 aromatic rings. The Labute approximate surface area is 388 Å². The monoisotopic (exact) mass is 886 g/mol. The van der Waals surface area contributed by atoms with Crippen LogP contribution in [0.15, 0.2) is 48.6 Å². The van der Waals surface area contributed by atoms with Gasteiger partial charge >= 0.3 is 11.9 Å². The first kappa shape index (κ1) is 60.3. The molecule has 2 atom stereocenters. The van der Waals surface area contributed by atoms with E-state index in [9.17, 15) is 19.5 Å². The number of ether oxygens (including phenoxy) is 3. The highest BCUT2D eigenvalue weighted by Crippen LogP contribution is 2.15. The fraction of sp³-hybridized carbons (Fsp3) is 0.800. The minimum atomic E-state index is -1.13. The van der Waals surface area contributed by atoms with Gasteiger partial charge in [-0.25, -0.2) is 0 Å². The third-order valence-electron chi connectivity index (χ3n) is 11.7. The first-order valence-electron chi connectivity index (χ1n) is 26.2. The summed E-state index contributed by atoms with van der Waals surface area (Å²) in [6.45, 7) is 4.64. The average Bonchev–Trinajstić information content (AvgIpc) is 3.24. The topological polar surface area (TPSA) is 102 Å². The summed E-state index contributed by atoms with van der Waals surface area (Å²) in [6, 6.07) is -0.728. The summed E-state index contributed by atoms with van der Waals surface area (Å²) in [5.74, 6) is -1.74. The maximum absolute atomic E-state index is 12.8. The van der Waals surface area contributed by atoms with E-state index in [1.165, 1.54) is 141 Å². The first-order chi connectivity index (χ1) is 30.6. The van der Waals surface area contributed by atoms with Crippen LogP contribution in [0.2, 0.25) is 0 Å². The van der Waals surface area contributed by atoms with Gasteiger partial charge in [0.05, 0.1) is 40.3 Å². The van der Waals surface area contributed by atoms with Gasteiger partial charge in [-0.3, -0.25) is 9.59 Å². The molecule has 8 nitrogen and oxygen atoms in total. The van der Waals surface area contributed by atoms with Crippen molar-refractivity contribution in [1.29, 1.82) is 0 Å². The predicted octanol–water partition coefficient (Wildman–Crippen LogP) is 13.8. The second-order valence-electron chi connectivity index (χ2n) is 18.8. The zero-order valence-corrected chi connectivity index (χ0v) is 41.7. The number of carbonyl (C=O) groups is 3. The van der Waals surface area contributed by atoms with Crippen LogP contribution in [0.4, 0.5) is 0 Å². The Kier molecular flexibility index (Phi) is 43.9. The molecule has 0 saturated heterocycles. The Hall–Kier alpha value is -2.71. The summed E-state index contributed by atoms with van der Waals surface area (Å²) in [5.41, 5.74) is 0. The van der Waals surface area contributed by atoms with Gasteiger partial charge in [0.1, 0.15) is 12.6 Å². The number of quaternary nitrogens is 1. The first-order valence-corrected chi connectivity index (χ1v) is 26.2. The number of carboxylic acid groups (broad SMARTS) is 1. The molecule has 0 fully saturated rings. The molecule has 0 aliphatic carbocycles. The van der Waals surface area contributed by atoms with Crippen LogP contribution < -0.4 is 5.11 Å². The summed E-state index contributed by atoms with van der Waals surface area (Å²) in [4.78, 5) is 37.0. The van der Waals surface area contributed by atoms with Crippen LogP contribution >= 0.6 is 0 Å². The molecule has 0 rings (SSSR count). The van der Waals surface area contributed by atoms with Gasteiger partial charge in [-0.05, 0) is 77.0 Å². The van der Waals surface area contributed by atoms with E-state index < -0.39 is 18.1 Å². The van der Waals surface area contributed by atoms with Crippen molar-refractivity contribution in [3.05, 3.63) is 48.6 Å². The third kappa shape index (κ3) is 44.3. The van der Waals surface area contributed by atoms with Crippen molar-refractivity contribution < 1.29 is 38.2 Å². The van der Waals surface area contributed by atoms with Crippen molar-refractivity contribution in [2.75, 3.05) is 41.0 Å². The van der Waals surface area contributed by atoms with Crippen molar-refractivity contribution in [2.45, 2.75) is 244 Å². The molecule has 63 heavy (non-hydrogen) atoms. The van der Waals surface area contributed by atoms with Gasteiger partial charge < -0.3 is 28.6 Å². The number of nitrogens with zero attached hydrogens (tertiary/aromatic N) is 1. The minimum Gasteiger partial charge on any atom is -0.544 e. The normalized spacial score (nSPS) is 13.2. The molecular formula is C55H99NO7. The highest BCUT2D eigenvalue weighted by Gasteiger charge is 2.25. The van der Waals surface area contributed by atoms with Crippen molar-refractivity contribution in [3.63, 3.8) is 0 Å². The number of carbonyl (C=O) groups excluding carboxylic acids is 3. The zero-order valence-electron chi connectivity index (χ0n) is 41.7. The van der Waals surface area contributed by atoms with Gasteiger partial charge in [-0.1, -0.05) is 184 Å². The largest absolute Gasteiger partial charge is 0.544 e. The summed E-state index contributed by atoms with van der Waals surface area (Å²) in [7, 11) is 5.42. The molecule has 0 aromatic heterocycles. The molecule has 0 amide bonds. The van der Waals surface area contributed by atoms with Gasteiger partial charge in [0.2, 0.25) is 0 Å². The number of esters is 2. The number of hydrogen-bond donors (Lipinski definition) is 0. The van der Waals surface area contributed by atoms with E-state index in [4.69, 9.17) is 14.2 Å². The molecule has 0 heterocycles. The number of aliphatic carboxylic acids is 1. The van der Waals surface area contributed by atoms with Gasteiger partial charge in [-0.2, -0.15) is 0 Å². The lowest BCUT2D eigenvalue weighted by molar-refractivity contribution is -0.889. The minimum absolute atomic E-state index is 0.0375. The molecule has 8 heteroatoms. The summed E-state index contributed by atoms with van der Waals surface area (Å²) in [5, 5.41) is 11.7. The number of likely N-dealkylation sites (N-methyl/N-ethyl adjacent to an activating group) is 1. The van der Waals surface area contributed by atoms with Gasteiger partial charge in [0.15, 0.2) is 6.10 Å². The van der Waals surface area contributed by atoms with Crippen LogP contribution in [0.1, 0.15) is 232 Å². The number of allylic oxidation sites excluding steroid dienone is 8. The fourth-order valence-corrected chi connectivity index (χ4v) is 7.60. The zero-order chi connectivity index (χ0) is 46.3. The van der Waals surface area contributed by atoms with Gasteiger partial charge in [0, 0.05) is 19.3 Å². The van der Waals surface area contributed by atoms with E-state index >= 15 is 0 Å². The van der Waals surface area contributed by atoms with E-state index in [0.717, 1.165) is 57.8 Å². The van der Waals surface area contributed by atoms with Crippen LogP contribution in [0.3, 0.4) is 0 Å². The Balaban J connectivity index is 4.25. The second-order valence-corrected chi connectivity index (χ2v) is 18.8. The van der Waals surface area contributed by atoms with Crippen molar-refractivity contribution in [1.82, 2.24) is 0 Å². The average molecular weight is 886 g/mol. The molecule has 0 saturated carbocycles. The second kappa shape index (κ2) is 45.8. The summed E-state index contributed by atoms with van der Waals surface area (Å²) >= 11 is 0. The number of rotatable bonds is 47. The molecule has 0 N–H and O–H groups in total. The van der Waals surface area contributed by atoms with Crippen LogP contribution in [0.5, 0.6) is 0 Å². The lowest BCUT2D eigenvalue weighted by Gasteiger charge is -2.34. The van der Waals surface area contributed by atoms with E-state index in [1.54, 1.807) is 21.1 Å². The maximum atomic E-state index is 12.8. The quantitative estimate of drug-likeness (QED) is 0.0259. The molecular weight excluding hydrogens is 787 g/mol. The maximum Gasteiger partial charge on any atom is 0.306 e. The number of hydrogen-bond acceptors (Lipinski definition) is 7. The molecule has 0 aliphatic heterocycles. The standard InChI is InChI=1S/C55H99NO7/c1-6-8-10-12-14-16-18-20-22-24-25-26-27-28-30-32-34-36-38-40-42-44-46-54(58)63-51(49-61-48-47-52(55(59)60)56(3,4)5)50-62-53(57)45-43-41-39-37-35-33-31-29-23-21-19-17-15-13-11-9-7-2/h14,16,20-23,25-26,51-52H,6-13,15,17-19,24,27-50H2,1-5H3/b16-14+,22-20+,23-21+,26-25+. The molecule has 0 aromatic carbocycles. The Bertz CT molecular complexity index is 1170. The lowest BCUT2D eigenvalue weighted by Crippen LogP contribution is -2.55. The summed E-state index contributed by atoms with van der Waals surface area (Å²) in [6.07, 6.45) is 55.6. The lowest BCUT2D eigenvalue weighted by atomic mass is 10.1. The third-order valence-corrected chi connectivity index (χ3v) is 11.7. The van der Waals surface area contributed by atoms with Crippen molar-refractivity contribution in [2.24, 2.45) is 0 Å². The van der Waals surface area contributed by atoms with Crippen LogP contribution in [0, 0.1) is 0 Å². The highest BCUT2D eigenvalue weighted by molar-refractivity contribution is 5.70. The van der Waals surface area contributed by atoms with Crippen molar-refractivity contribution in [3.8, 4) is 0 Å². The predicted molar refractivity (Wildman–Crippen MR) is 263 cm³/mol. The van der Waals surface area contributed by atoms with Crippen molar-refractivity contribution >= 4 is 17.9 Å². The molecule has 366 valence electrons. The summed E-state index contributed by atoms with van der Waals surface area (Å²) < 4.78 is 17.2. The molecule has 0 radical (unpaired) electrons. The van der Waals surface area contributed by atoms with Crippen LogP contribution in [-0.2, 0) is 28.6 Å². The van der Waals surface area contributed by atoms with Gasteiger partial charge in [0.25, 0.3) is 0 Å². The number of unbranched alkanes of at least 4 members (excludes halogenated alkanes) is 25. The SMILES string of the molecule is CCCCC/C=C/C/C=C/C/C=C/CCCCCCCCCCCC(=O)OC(COCCC(C(=O)[O-])[N+](C)(C)C)COC(=O)CCCCCCCCC/C=C/CCCCCCCC. The van der Waals surface area contributed by atoms with Crippen LogP contribution in [-0.4, -0.2) is 75.5 Å². The Morgan fingerprint density at radius 3 is 1.29 bits per heavy atom. The van der Waals surface area contributed by atoms with E-state index in [1.807, 2.05) is 0 Å². The van der Waals surface area contributed by atoms with E-state index in [-0.39, 0.29) is 42.7 Å². The van der Waals surface area contributed by atoms with E-state index in [0.29, 0.717) is 12.8 Å². The molecule has 2 unspecified atom stereocenters. The molecule has 0 aliphatic rings. The molecule has 0 spiro atoms. The fourth-order valence-electron chi connectivity index (χ4n) is 7.60. The Morgan fingerprint density at radius 2 is 0.841 bits per heavy atom. The molecule has 0 bridgehead atoms. The Morgan fingerprint density at radius 1 is 0.476 bits per heavy atom. The van der Waals surface area contributed by atoms with E-state index in [2.05, 4.69) is 62.5 Å². The van der Waals surface area contributed by atoms with Crippen LogP contribution in [0.25, 0.3) is 0 Å². The highest BCUT2D eigenvalue weighted by atomic mass is 16.6. The van der Waals surface area contributed by atoms with Gasteiger partial charge in [-0.15, -0.1) is 0 Å².